The number of carbonyl (C=O) groups is 1. The number of esters is 1. The lowest BCUT2D eigenvalue weighted by Crippen LogP contribution is -2.38. The van der Waals surface area contributed by atoms with E-state index >= 15 is 0 Å². The normalized spacial score (nSPS) is 14.5. The number of halogens is 2. The summed E-state index contributed by atoms with van der Waals surface area (Å²) in [5.74, 6) is -0.271. The summed E-state index contributed by atoms with van der Waals surface area (Å²) in [4.78, 5) is 14.4. The van der Waals surface area contributed by atoms with Crippen molar-refractivity contribution in [3.63, 3.8) is 0 Å². The van der Waals surface area contributed by atoms with Crippen LogP contribution < -0.4 is 4.90 Å². The Labute approximate surface area is 166 Å². The number of methoxy groups -OCH3 is 1. The molecule has 0 atom stereocenters. The highest BCUT2D eigenvalue weighted by atomic mass is 35.5. The molecule has 6 nitrogen and oxygen atoms in total. The molecule has 0 amide bonds. The summed E-state index contributed by atoms with van der Waals surface area (Å²) >= 11 is 6.31. The van der Waals surface area contributed by atoms with Crippen molar-refractivity contribution >= 4 is 28.9 Å². The maximum absolute atomic E-state index is 14.6. The van der Waals surface area contributed by atoms with Crippen LogP contribution in [-0.2, 0) is 9.47 Å². The number of aromatic nitrogens is 2. The molecule has 0 aliphatic carbocycles. The van der Waals surface area contributed by atoms with Gasteiger partial charge in [-0.2, -0.15) is 5.10 Å². The molecule has 3 aromatic rings. The van der Waals surface area contributed by atoms with Crippen LogP contribution in [0, 0.1) is 12.7 Å². The molecule has 0 N–H and O–H groups in total. The zero-order chi connectivity index (χ0) is 19.8. The molecule has 1 aliphatic rings. The number of carbonyl (C=O) groups excluding carboxylic acids is 1. The van der Waals surface area contributed by atoms with Crippen LogP contribution in [0.4, 0.5) is 10.2 Å². The number of rotatable bonds is 3. The lowest BCUT2D eigenvalue weighted by atomic mass is 10.0. The molecule has 146 valence electrons. The zero-order valence-corrected chi connectivity index (χ0v) is 16.3. The molecule has 0 unspecified atom stereocenters. The average molecular weight is 404 g/mol. The predicted molar refractivity (Wildman–Crippen MR) is 105 cm³/mol. The number of aryl methyl sites for hydroxylation is 1. The third-order valence-corrected chi connectivity index (χ3v) is 5.19. The zero-order valence-electron chi connectivity index (χ0n) is 15.5. The summed E-state index contributed by atoms with van der Waals surface area (Å²) < 4.78 is 26.7. The smallest absolute Gasteiger partial charge is 0.341 e. The first-order chi connectivity index (χ1) is 13.5. The Hall–Kier alpha value is -2.64. The number of nitrogens with zero attached hydrogens (tertiary/aromatic N) is 3. The van der Waals surface area contributed by atoms with E-state index < -0.39 is 11.8 Å². The van der Waals surface area contributed by atoms with Gasteiger partial charge in [0.05, 0.1) is 36.6 Å². The Morgan fingerprint density at radius 2 is 1.96 bits per heavy atom. The summed E-state index contributed by atoms with van der Waals surface area (Å²) in [6, 6.07) is 8.01. The Kier molecular flexibility index (Phi) is 4.95. The number of anilines is 1. The minimum absolute atomic E-state index is 0.301. The monoisotopic (exact) mass is 403 g/mol. The SMILES string of the molecule is COC(=O)c1ccc2c(-c3c(F)cccc3Cl)c(C)nn2c1N1CCOCC1. The van der Waals surface area contributed by atoms with Crippen molar-refractivity contribution in [1.29, 1.82) is 0 Å². The molecule has 2 aromatic heterocycles. The Balaban J connectivity index is 2.01. The van der Waals surface area contributed by atoms with Crippen LogP contribution >= 0.6 is 11.6 Å². The van der Waals surface area contributed by atoms with E-state index in [1.807, 2.05) is 4.90 Å². The van der Waals surface area contributed by atoms with E-state index in [9.17, 15) is 9.18 Å². The fourth-order valence-electron chi connectivity index (χ4n) is 3.61. The molecule has 8 heteroatoms. The molecule has 0 bridgehead atoms. The highest BCUT2D eigenvalue weighted by molar-refractivity contribution is 6.33. The molecule has 4 rings (SSSR count). The van der Waals surface area contributed by atoms with E-state index in [0.717, 1.165) is 0 Å². The van der Waals surface area contributed by atoms with Crippen LogP contribution in [0.1, 0.15) is 16.1 Å². The van der Waals surface area contributed by atoms with Crippen molar-refractivity contribution in [2.75, 3.05) is 38.3 Å². The highest BCUT2D eigenvalue weighted by Crippen LogP contribution is 2.38. The lowest BCUT2D eigenvalue weighted by Gasteiger charge is -2.30. The summed E-state index contributed by atoms with van der Waals surface area (Å²) in [5, 5.41) is 4.93. The van der Waals surface area contributed by atoms with Gasteiger partial charge in [0, 0.05) is 24.2 Å². The fraction of sp³-hybridized carbons (Fsp3) is 0.300. The molecule has 0 spiro atoms. The second kappa shape index (κ2) is 7.41. The molecular formula is C20H19ClFN3O3. The number of hydrogen-bond acceptors (Lipinski definition) is 5. The Morgan fingerprint density at radius 3 is 2.64 bits per heavy atom. The van der Waals surface area contributed by atoms with Gasteiger partial charge in [-0.25, -0.2) is 13.7 Å². The van der Waals surface area contributed by atoms with Crippen molar-refractivity contribution in [2.24, 2.45) is 0 Å². The van der Waals surface area contributed by atoms with Gasteiger partial charge in [-0.15, -0.1) is 0 Å². The van der Waals surface area contributed by atoms with Crippen LogP contribution in [0.5, 0.6) is 0 Å². The number of benzene rings is 1. The van der Waals surface area contributed by atoms with Gasteiger partial charge in [0.2, 0.25) is 0 Å². The summed E-state index contributed by atoms with van der Waals surface area (Å²) in [6.45, 7) is 4.11. The molecule has 1 fully saturated rings. The number of pyridine rings is 1. The topological polar surface area (TPSA) is 56.1 Å². The van der Waals surface area contributed by atoms with Crippen LogP contribution in [-0.4, -0.2) is 49.0 Å². The summed E-state index contributed by atoms with van der Waals surface area (Å²) in [7, 11) is 1.34. The number of ether oxygens (including phenoxy) is 2. The largest absolute Gasteiger partial charge is 0.465 e. The van der Waals surface area contributed by atoms with Gasteiger partial charge in [0.1, 0.15) is 17.2 Å². The minimum Gasteiger partial charge on any atom is -0.465 e. The van der Waals surface area contributed by atoms with E-state index in [1.165, 1.54) is 13.2 Å². The molecule has 0 saturated carbocycles. The molecule has 1 saturated heterocycles. The van der Waals surface area contributed by atoms with E-state index in [4.69, 9.17) is 21.1 Å². The van der Waals surface area contributed by atoms with Gasteiger partial charge in [-0.05, 0) is 31.2 Å². The summed E-state index contributed by atoms with van der Waals surface area (Å²) in [5.41, 5.74) is 2.58. The maximum atomic E-state index is 14.6. The first kappa shape index (κ1) is 18.7. The number of hydrogen-bond donors (Lipinski definition) is 0. The second-order valence-electron chi connectivity index (χ2n) is 6.52. The van der Waals surface area contributed by atoms with Gasteiger partial charge in [0.25, 0.3) is 0 Å². The first-order valence-corrected chi connectivity index (χ1v) is 9.28. The first-order valence-electron chi connectivity index (χ1n) is 8.90. The van der Waals surface area contributed by atoms with Gasteiger partial charge >= 0.3 is 5.97 Å². The minimum atomic E-state index is -0.456. The van der Waals surface area contributed by atoms with Crippen molar-refractivity contribution < 1.29 is 18.7 Å². The quantitative estimate of drug-likeness (QED) is 0.624. The third kappa shape index (κ3) is 3.00. The predicted octanol–water partition coefficient (Wildman–Crippen LogP) is 3.73. The third-order valence-electron chi connectivity index (χ3n) is 4.87. The van der Waals surface area contributed by atoms with Crippen LogP contribution in [0.3, 0.4) is 0 Å². The molecular weight excluding hydrogens is 385 g/mol. The number of morpholine rings is 1. The maximum Gasteiger partial charge on any atom is 0.341 e. The second-order valence-corrected chi connectivity index (χ2v) is 6.92. The lowest BCUT2D eigenvalue weighted by molar-refractivity contribution is 0.0599. The molecule has 3 heterocycles. The van der Waals surface area contributed by atoms with Crippen molar-refractivity contribution in [3.05, 3.63) is 52.4 Å². The molecule has 28 heavy (non-hydrogen) atoms. The molecule has 0 radical (unpaired) electrons. The fourth-order valence-corrected chi connectivity index (χ4v) is 3.86. The van der Waals surface area contributed by atoms with Crippen LogP contribution in [0.15, 0.2) is 30.3 Å². The number of fused-ring (bicyclic) bond motifs is 1. The van der Waals surface area contributed by atoms with Gasteiger partial charge < -0.3 is 14.4 Å². The van der Waals surface area contributed by atoms with E-state index in [0.29, 0.717) is 65.0 Å². The highest BCUT2D eigenvalue weighted by Gasteiger charge is 2.26. The van der Waals surface area contributed by atoms with Crippen molar-refractivity contribution in [3.8, 4) is 11.1 Å². The Bertz CT molecular complexity index is 1040. The average Bonchev–Trinajstić information content (AvgIpc) is 3.03. The standard InChI is InChI=1S/C20H19ClFN3O3/c1-12-17(18-14(21)4-3-5-15(18)22)16-7-6-13(20(26)27-2)19(25(16)23-12)24-8-10-28-11-9-24/h3-7H,8-11H2,1-2H3. The van der Waals surface area contributed by atoms with E-state index in [2.05, 4.69) is 5.10 Å². The van der Waals surface area contributed by atoms with Gasteiger partial charge in [0.15, 0.2) is 0 Å². The van der Waals surface area contributed by atoms with Crippen molar-refractivity contribution in [2.45, 2.75) is 6.92 Å². The van der Waals surface area contributed by atoms with Crippen LogP contribution in [0.2, 0.25) is 5.02 Å². The molecule has 1 aliphatic heterocycles. The van der Waals surface area contributed by atoms with E-state index in [1.54, 1.807) is 35.7 Å². The molecule has 1 aromatic carbocycles. The Morgan fingerprint density at radius 1 is 1.21 bits per heavy atom. The summed E-state index contributed by atoms with van der Waals surface area (Å²) in [6.07, 6.45) is 0. The van der Waals surface area contributed by atoms with Crippen molar-refractivity contribution in [1.82, 2.24) is 9.61 Å². The van der Waals surface area contributed by atoms with Gasteiger partial charge in [-0.3, -0.25) is 0 Å². The van der Waals surface area contributed by atoms with Gasteiger partial charge in [-0.1, -0.05) is 17.7 Å². The van der Waals surface area contributed by atoms with Crippen LogP contribution in [0.25, 0.3) is 16.6 Å². The van der Waals surface area contributed by atoms with E-state index in [-0.39, 0.29) is 0 Å².